The number of carbonyl (C=O) groups is 1. The van der Waals surface area contributed by atoms with Crippen LogP contribution in [0.15, 0.2) is 40.8 Å². The zero-order valence-electron chi connectivity index (χ0n) is 11.5. The van der Waals surface area contributed by atoms with Crippen LogP contribution >= 0.6 is 11.6 Å². The van der Waals surface area contributed by atoms with Crippen LogP contribution in [0.3, 0.4) is 0 Å². The molecule has 3 rings (SSSR count). The van der Waals surface area contributed by atoms with Crippen LogP contribution in [-0.2, 0) is 0 Å². The molecule has 6 nitrogen and oxygen atoms in total. The minimum Gasteiger partial charge on any atom is -0.395 e. The molecule has 1 unspecified atom stereocenters. The number of furan rings is 1. The average Bonchev–Trinajstić information content (AvgIpc) is 3.20. The highest BCUT2D eigenvalue weighted by molar-refractivity contribution is 6.30. The standard InChI is InChI=1S/C15H13ClN2O4/c16-11-5-3-10(4-6-11)14(9-1-2-9)17-15(19)12-7-8-13(22-12)18(20)21/h3-9,14H,1-2H2,(H,17,19). The Hall–Kier alpha value is -2.34. The summed E-state index contributed by atoms with van der Waals surface area (Å²) in [6.07, 6.45) is 2.07. The summed E-state index contributed by atoms with van der Waals surface area (Å²) >= 11 is 5.88. The van der Waals surface area contributed by atoms with Crippen LogP contribution in [0.2, 0.25) is 5.02 Å². The average molecular weight is 321 g/mol. The van der Waals surface area contributed by atoms with Gasteiger partial charge in [0.1, 0.15) is 4.92 Å². The molecule has 1 aliphatic rings. The highest BCUT2D eigenvalue weighted by Gasteiger charge is 2.34. The summed E-state index contributed by atoms with van der Waals surface area (Å²) in [6.45, 7) is 0. The van der Waals surface area contributed by atoms with Crippen molar-refractivity contribution in [2.24, 2.45) is 5.92 Å². The molecule has 2 aromatic rings. The van der Waals surface area contributed by atoms with Crippen molar-refractivity contribution in [3.05, 3.63) is 62.9 Å². The highest BCUT2D eigenvalue weighted by Crippen LogP contribution is 2.41. The lowest BCUT2D eigenvalue weighted by Gasteiger charge is -2.18. The van der Waals surface area contributed by atoms with E-state index in [1.807, 2.05) is 12.1 Å². The fourth-order valence-electron chi connectivity index (χ4n) is 2.33. The fourth-order valence-corrected chi connectivity index (χ4v) is 2.46. The van der Waals surface area contributed by atoms with Gasteiger partial charge in [-0.05, 0) is 42.5 Å². The van der Waals surface area contributed by atoms with E-state index in [0.717, 1.165) is 18.4 Å². The van der Waals surface area contributed by atoms with Crippen molar-refractivity contribution in [1.29, 1.82) is 0 Å². The maximum Gasteiger partial charge on any atom is 0.433 e. The molecule has 0 spiro atoms. The largest absolute Gasteiger partial charge is 0.433 e. The molecule has 0 saturated heterocycles. The van der Waals surface area contributed by atoms with E-state index >= 15 is 0 Å². The molecule has 1 fully saturated rings. The Morgan fingerprint density at radius 2 is 1.95 bits per heavy atom. The second-order valence-corrected chi connectivity index (χ2v) is 5.67. The minimum atomic E-state index is -0.672. The molecule has 1 aromatic heterocycles. The molecule has 1 atom stereocenters. The second-order valence-electron chi connectivity index (χ2n) is 5.24. The Kier molecular flexibility index (Phi) is 3.85. The summed E-state index contributed by atoms with van der Waals surface area (Å²) in [4.78, 5) is 22.1. The molecule has 1 aromatic carbocycles. The van der Waals surface area contributed by atoms with Crippen molar-refractivity contribution in [3.63, 3.8) is 0 Å². The number of nitrogens with one attached hydrogen (secondary N) is 1. The first kappa shape index (κ1) is 14.6. The van der Waals surface area contributed by atoms with E-state index in [0.29, 0.717) is 10.9 Å². The van der Waals surface area contributed by atoms with Crippen LogP contribution in [0, 0.1) is 16.0 Å². The van der Waals surface area contributed by atoms with Crippen molar-refractivity contribution in [1.82, 2.24) is 5.32 Å². The highest BCUT2D eigenvalue weighted by atomic mass is 35.5. The Balaban J connectivity index is 1.77. The zero-order valence-corrected chi connectivity index (χ0v) is 12.2. The van der Waals surface area contributed by atoms with Gasteiger partial charge in [-0.3, -0.25) is 14.9 Å². The van der Waals surface area contributed by atoms with Crippen molar-refractivity contribution in [2.45, 2.75) is 18.9 Å². The molecular formula is C15H13ClN2O4. The Labute approximate surface area is 131 Å². The molecule has 114 valence electrons. The van der Waals surface area contributed by atoms with Crippen LogP contribution in [-0.4, -0.2) is 10.8 Å². The smallest absolute Gasteiger partial charge is 0.395 e. The lowest BCUT2D eigenvalue weighted by Crippen LogP contribution is -2.29. The van der Waals surface area contributed by atoms with E-state index in [1.165, 1.54) is 12.1 Å². The number of rotatable bonds is 5. The van der Waals surface area contributed by atoms with E-state index in [4.69, 9.17) is 16.0 Å². The molecule has 1 N–H and O–H groups in total. The molecule has 1 saturated carbocycles. The van der Waals surface area contributed by atoms with Crippen molar-refractivity contribution < 1.29 is 14.1 Å². The van der Waals surface area contributed by atoms with Gasteiger partial charge in [-0.15, -0.1) is 0 Å². The van der Waals surface area contributed by atoms with Gasteiger partial charge in [-0.25, -0.2) is 0 Å². The number of benzene rings is 1. The summed E-state index contributed by atoms with van der Waals surface area (Å²) in [5, 5.41) is 14.1. The first-order chi connectivity index (χ1) is 10.5. The molecule has 1 aliphatic carbocycles. The number of hydrogen-bond donors (Lipinski definition) is 1. The van der Waals surface area contributed by atoms with Gasteiger partial charge in [0, 0.05) is 5.02 Å². The summed E-state index contributed by atoms with van der Waals surface area (Å²) in [7, 11) is 0. The van der Waals surface area contributed by atoms with Crippen LogP contribution in [0.4, 0.5) is 5.88 Å². The van der Waals surface area contributed by atoms with Gasteiger partial charge in [0.25, 0.3) is 5.91 Å². The summed E-state index contributed by atoms with van der Waals surface area (Å²) in [5.41, 5.74) is 0.960. The van der Waals surface area contributed by atoms with Gasteiger partial charge in [-0.2, -0.15) is 0 Å². The number of amides is 1. The fraction of sp³-hybridized carbons (Fsp3) is 0.267. The van der Waals surface area contributed by atoms with E-state index in [-0.39, 0.29) is 11.8 Å². The third kappa shape index (κ3) is 3.12. The molecular weight excluding hydrogens is 308 g/mol. The van der Waals surface area contributed by atoms with Gasteiger partial charge in [0.15, 0.2) is 5.76 Å². The number of hydrogen-bond acceptors (Lipinski definition) is 4. The van der Waals surface area contributed by atoms with E-state index in [2.05, 4.69) is 5.32 Å². The summed E-state index contributed by atoms with van der Waals surface area (Å²) < 4.78 is 4.93. The second kappa shape index (κ2) is 5.81. The summed E-state index contributed by atoms with van der Waals surface area (Å²) in [6, 6.07) is 9.62. The topological polar surface area (TPSA) is 85.4 Å². The molecule has 1 amide bonds. The lowest BCUT2D eigenvalue weighted by molar-refractivity contribution is -0.402. The maximum absolute atomic E-state index is 12.2. The van der Waals surface area contributed by atoms with Crippen molar-refractivity contribution in [3.8, 4) is 0 Å². The van der Waals surface area contributed by atoms with Gasteiger partial charge < -0.3 is 9.73 Å². The molecule has 1 heterocycles. The van der Waals surface area contributed by atoms with Gasteiger partial charge >= 0.3 is 5.88 Å². The van der Waals surface area contributed by atoms with E-state index in [9.17, 15) is 14.9 Å². The number of carbonyl (C=O) groups excluding carboxylic acids is 1. The molecule has 22 heavy (non-hydrogen) atoms. The SMILES string of the molecule is O=C(NC(c1ccc(Cl)cc1)C1CC1)c1ccc([N+](=O)[O-])o1. The van der Waals surface area contributed by atoms with Gasteiger partial charge in [0.2, 0.25) is 0 Å². The van der Waals surface area contributed by atoms with Gasteiger partial charge in [-0.1, -0.05) is 23.7 Å². The van der Waals surface area contributed by atoms with Crippen molar-refractivity contribution in [2.75, 3.05) is 0 Å². The molecule has 0 radical (unpaired) electrons. The monoisotopic (exact) mass is 320 g/mol. The molecule has 0 aliphatic heterocycles. The predicted octanol–water partition coefficient (Wildman–Crippen LogP) is 3.72. The van der Waals surface area contributed by atoms with Crippen LogP contribution in [0.1, 0.15) is 35.0 Å². The first-order valence-electron chi connectivity index (χ1n) is 6.85. The van der Waals surface area contributed by atoms with E-state index in [1.54, 1.807) is 12.1 Å². The maximum atomic E-state index is 12.2. The van der Waals surface area contributed by atoms with Crippen molar-refractivity contribution >= 4 is 23.4 Å². The van der Waals surface area contributed by atoms with Gasteiger partial charge in [0.05, 0.1) is 12.1 Å². The van der Waals surface area contributed by atoms with E-state index < -0.39 is 16.7 Å². The van der Waals surface area contributed by atoms with Crippen LogP contribution in [0.5, 0.6) is 0 Å². The molecule has 0 bridgehead atoms. The normalized spacial score (nSPS) is 15.3. The minimum absolute atomic E-state index is 0.0636. The predicted molar refractivity (Wildman–Crippen MR) is 79.7 cm³/mol. The van der Waals surface area contributed by atoms with Crippen LogP contribution in [0.25, 0.3) is 0 Å². The number of halogens is 1. The Bertz CT molecular complexity index is 707. The Morgan fingerprint density at radius 1 is 1.27 bits per heavy atom. The quantitative estimate of drug-likeness (QED) is 0.672. The third-order valence-corrected chi connectivity index (χ3v) is 3.86. The molecule has 7 heteroatoms. The Morgan fingerprint density at radius 3 is 2.50 bits per heavy atom. The first-order valence-corrected chi connectivity index (χ1v) is 7.23. The third-order valence-electron chi connectivity index (χ3n) is 3.60. The summed E-state index contributed by atoms with van der Waals surface area (Å²) in [5.74, 6) is -0.596. The number of nitro groups is 1. The number of nitrogens with zero attached hydrogens (tertiary/aromatic N) is 1. The van der Waals surface area contributed by atoms with Crippen LogP contribution < -0.4 is 5.32 Å². The zero-order chi connectivity index (χ0) is 15.7. The lowest BCUT2D eigenvalue weighted by atomic mass is 10.0.